The number of carbonyl (C=O) groups excluding carboxylic acids is 1. The predicted octanol–water partition coefficient (Wildman–Crippen LogP) is 4.43. The zero-order chi connectivity index (χ0) is 16.1. The first-order chi connectivity index (χ1) is 10.5. The van der Waals surface area contributed by atoms with Crippen LogP contribution in [0.1, 0.15) is 34.8 Å². The molecule has 0 spiro atoms. The van der Waals surface area contributed by atoms with Gasteiger partial charge in [0.1, 0.15) is 0 Å². The number of aryl methyl sites for hydroxylation is 2. The van der Waals surface area contributed by atoms with Crippen LogP contribution in [0.2, 0.25) is 5.02 Å². The van der Waals surface area contributed by atoms with Crippen LogP contribution < -0.4 is 10.6 Å². The van der Waals surface area contributed by atoms with Crippen LogP contribution in [0.4, 0.5) is 11.4 Å². The molecule has 2 aromatic rings. The highest BCUT2D eigenvalue weighted by molar-refractivity contribution is 6.34. The molecule has 0 saturated carbocycles. The van der Waals surface area contributed by atoms with Crippen molar-refractivity contribution in [2.24, 2.45) is 0 Å². The van der Waals surface area contributed by atoms with E-state index in [2.05, 4.69) is 22.5 Å². The van der Waals surface area contributed by atoms with Crippen molar-refractivity contribution in [2.45, 2.75) is 27.2 Å². The number of anilines is 2. The van der Waals surface area contributed by atoms with Crippen molar-refractivity contribution in [3.05, 3.63) is 52.3 Å². The Bertz CT molecular complexity index is 662. The van der Waals surface area contributed by atoms with Gasteiger partial charge in [-0.25, -0.2) is 0 Å². The minimum atomic E-state index is -0.221. The van der Waals surface area contributed by atoms with Crippen molar-refractivity contribution in [1.29, 1.82) is 0 Å². The largest absolute Gasteiger partial charge is 0.384 e. The summed E-state index contributed by atoms with van der Waals surface area (Å²) < 4.78 is 0. The van der Waals surface area contributed by atoms with Crippen molar-refractivity contribution < 1.29 is 4.79 Å². The van der Waals surface area contributed by atoms with Gasteiger partial charge in [0.2, 0.25) is 0 Å². The van der Waals surface area contributed by atoms with Gasteiger partial charge in [-0.3, -0.25) is 9.78 Å². The number of halogens is 1. The summed E-state index contributed by atoms with van der Waals surface area (Å²) in [6, 6.07) is 5.61. The van der Waals surface area contributed by atoms with Crippen molar-refractivity contribution in [3.8, 4) is 0 Å². The van der Waals surface area contributed by atoms with E-state index < -0.39 is 0 Å². The maximum Gasteiger partial charge on any atom is 0.257 e. The maximum atomic E-state index is 12.4. The van der Waals surface area contributed by atoms with E-state index in [-0.39, 0.29) is 5.91 Å². The number of carbonyl (C=O) groups is 1. The molecule has 2 rings (SSSR count). The summed E-state index contributed by atoms with van der Waals surface area (Å²) in [7, 11) is 0. The minimum Gasteiger partial charge on any atom is -0.384 e. The maximum absolute atomic E-state index is 12.4. The molecular weight excluding hydrogens is 298 g/mol. The number of pyridine rings is 1. The first-order valence-electron chi connectivity index (χ1n) is 7.28. The second-order valence-electron chi connectivity index (χ2n) is 5.28. The number of nitrogens with zero attached hydrogens (tertiary/aromatic N) is 1. The third kappa shape index (κ3) is 3.98. The fourth-order valence-corrected chi connectivity index (χ4v) is 2.56. The Hall–Kier alpha value is -2.07. The van der Waals surface area contributed by atoms with E-state index >= 15 is 0 Å². The molecule has 116 valence electrons. The number of amides is 1. The molecule has 0 atom stereocenters. The Morgan fingerprint density at radius 1 is 1.23 bits per heavy atom. The lowest BCUT2D eigenvalue weighted by molar-refractivity contribution is 0.102. The van der Waals surface area contributed by atoms with Crippen LogP contribution in [0, 0.1) is 13.8 Å². The minimum absolute atomic E-state index is 0.221. The van der Waals surface area contributed by atoms with Gasteiger partial charge in [0.05, 0.1) is 22.0 Å². The summed E-state index contributed by atoms with van der Waals surface area (Å²) in [6.07, 6.45) is 4.26. The average Bonchev–Trinajstić information content (AvgIpc) is 2.49. The summed E-state index contributed by atoms with van der Waals surface area (Å²) >= 11 is 6.22. The van der Waals surface area contributed by atoms with E-state index in [1.807, 2.05) is 26.0 Å². The molecule has 0 fully saturated rings. The van der Waals surface area contributed by atoms with E-state index in [4.69, 9.17) is 11.6 Å². The summed E-state index contributed by atoms with van der Waals surface area (Å²) in [4.78, 5) is 16.5. The predicted molar refractivity (Wildman–Crippen MR) is 91.9 cm³/mol. The van der Waals surface area contributed by atoms with Crippen LogP contribution in [0.25, 0.3) is 0 Å². The van der Waals surface area contributed by atoms with Crippen molar-refractivity contribution >= 4 is 28.9 Å². The van der Waals surface area contributed by atoms with Gasteiger partial charge in [0.15, 0.2) is 0 Å². The van der Waals surface area contributed by atoms with Gasteiger partial charge in [-0.15, -0.1) is 0 Å². The zero-order valence-electron chi connectivity index (χ0n) is 13.0. The molecule has 2 N–H and O–H groups in total. The second kappa shape index (κ2) is 7.27. The molecule has 1 aromatic heterocycles. The van der Waals surface area contributed by atoms with E-state index in [0.29, 0.717) is 16.3 Å². The molecule has 0 aliphatic rings. The van der Waals surface area contributed by atoms with Gasteiger partial charge in [0, 0.05) is 18.9 Å². The molecule has 0 aliphatic heterocycles. The number of hydrogen-bond acceptors (Lipinski definition) is 3. The zero-order valence-corrected chi connectivity index (χ0v) is 13.8. The molecule has 0 aliphatic carbocycles. The Labute approximate surface area is 135 Å². The van der Waals surface area contributed by atoms with Gasteiger partial charge in [-0.2, -0.15) is 0 Å². The number of aromatic nitrogens is 1. The number of benzene rings is 1. The van der Waals surface area contributed by atoms with E-state index in [0.717, 1.165) is 29.8 Å². The first-order valence-corrected chi connectivity index (χ1v) is 7.66. The standard InChI is InChI=1S/C17H20ClN3O/c1-4-5-20-14-8-13(9-19-10-14)17(22)21-16-12(3)6-11(2)7-15(16)18/h6-10,20H,4-5H2,1-3H3,(H,21,22). The molecule has 0 unspecified atom stereocenters. The Morgan fingerprint density at radius 2 is 2.00 bits per heavy atom. The first kappa shape index (κ1) is 16.3. The SMILES string of the molecule is CCCNc1cncc(C(=O)Nc2c(C)cc(C)cc2Cl)c1. The van der Waals surface area contributed by atoms with Crippen LogP contribution in [0.3, 0.4) is 0 Å². The lowest BCUT2D eigenvalue weighted by Gasteiger charge is -2.12. The number of hydrogen-bond donors (Lipinski definition) is 2. The lowest BCUT2D eigenvalue weighted by atomic mass is 10.1. The van der Waals surface area contributed by atoms with Crippen LogP contribution in [-0.2, 0) is 0 Å². The van der Waals surface area contributed by atoms with E-state index in [9.17, 15) is 4.79 Å². The van der Waals surface area contributed by atoms with Gasteiger partial charge >= 0.3 is 0 Å². The van der Waals surface area contributed by atoms with Gasteiger partial charge in [0.25, 0.3) is 5.91 Å². The molecule has 0 radical (unpaired) electrons. The van der Waals surface area contributed by atoms with Crippen molar-refractivity contribution in [3.63, 3.8) is 0 Å². The molecular formula is C17H20ClN3O. The molecule has 5 heteroatoms. The highest BCUT2D eigenvalue weighted by atomic mass is 35.5. The highest BCUT2D eigenvalue weighted by Gasteiger charge is 2.12. The highest BCUT2D eigenvalue weighted by Crippen LogP contribution is 2.27. The number of rotatable bonds is 5. The van der Waals surface area contributed by atoms with Crippen LogP contribution in [0.15, 0.2) is 30.6 Å². The third-order valence-corrected chi connectivity index (χ3v) is 3.55. The fraction of sp³-hybridized carbons (Fsp3) is 0.294. The summed E-state index contributed by atoms with van der Waals surface area (Å²) in [6.45, 7) is 6.82. The van der Waals surface area contributed by atoms with Crippen molar-refractivity contribution in [1.82, 2.24) is 4.98 Å². The third-order valence-electron chi connectivity index (χ3n) is 3.25. The van der Waals surface area contributed by atoms with Gasteiger partial charge in [-0.05, 0) is 43.5 Å². The lowest BCUT2D eigenvalue weighted by Crippen LogP contribution is -2.14. The summed E-state index contributed by atoms with van der Waals surface area (Å²) in [5.41, 5.74) is 3.97. The van der Waals surface area contributed by atoms with Gasteiger partial charge < -0.3 is 10.6 Å². The fourth-order valence-electron chi connectivity index (χ4n) is 2.19. The van der Waals surface area contributed by atoms with Crippen LogP contribution in [0.5, 0.6) is 0 Å². The molecule has 1 amide bonds. The summed E-state index contributed by atoms with van der Waals surface area (Å²) in [5, 5.41) is 6.62. The quantitative estimate of drug-likeness (QED) is 0.858. The monoisotopic (exact) mass is 317 g/mol. The smallest absolute Gasteiger partial charge is 0.257 e. The topological polar surface area (TPSA) is 54.0 Å². The molecule has 4 nitrogen and oxygen atoms in total. The van der Waals surface area contributed by atoms with Crippen LogP contribution >= 0.6 is 11.6 Å². The van der Waals surface area contributed by atoms with E-state index in [1.54, 1.807) is 18.5 Å². The van der Waals surface area contributed by atoms with Crippen LogP contribution in [-0.4, -0.2) is 17.4 Å². The second-order valence-corrected chi connectivity index (χ2v) is 5.69. The Kier molecular flexibility index (Phi) is 5.39. The molecule has 0 saturated heterocycles. The Balaban J connectivity index is 2.19. The van der Waals surface area contributed by atoms with Gasteiger partial charge in [-0.1, -0.05) is 24.6 Å². The summed E-state index contributed by atoms with van der Waals surface area (Å²) in [5.74, 6) is -0.221. The molecule has 22 heavy (non-hydrogen) atoms. The average molecular weight is 318 g/mol. The van der Waals surface area contributed by atoms with Crippen molar-refractivity contribution in [2.75, 3.05) is 17.2 Å². The number of nitrogens with one attached hydrogen (secondary N) is 2. The van der Waals surface area contributed by atoms with E-state index in [1.165, 1.54) is 0 Å². The normalized spacial score (nSPS) is 10.4. The molecule has 1 aromatic carbocycles. The molecule has 0 bridgehead atoms. The molecule has 1 heterocycles. The Morgan fingerprint density at radius 3 is 2.68 bits per heavy atom.